The molecule has 2 aromatic rings. The molecule has 0 amide bonds. The Kier molecular flexibility index (Phi) is 3.91. The summed E-state index contributed by atoms with van der Waals surface area (Å²) in [6, 6.07) is 6.88. The molecule has 5 nitrogen and oxygen atoms in total. The van der Waals surface area contributed by atoms with Crippen molar-refractivity contribution in [1.29, 1.82) is 0 Å². The number of ether oxygens (including phenoxy) is 1. The maximum atomic E-state index is 12.6. The van der Waals surface area contributed by atoms with Crippen LogP contribution >= 0.6 is 11.6 Å². The second kappa shape index (κ2) is 5.62. The molecule has 0 unspecified atom stereocenters. The summed E-state index contributed by atoms with van der Waals surface area (Å²) in [5.41, 5.74) is 0.140. The Bertz CT molecular complexity index is 604. The second-order valence-electron chi connectivity index (χ2n) is 3.60. The van der Waals surface area contributed by atoms with E-state index in [1.807, 2.05) is 0 Å². The highest BCUT2D eigenvalue weighted by atomic mass is 35.5. The van der Waals surface area contributed by atoms with Gasteiger partial charge in [-0.15, -0.1) is 0 Å². The molecular weight excluding hydrogens is 275 g/mol. The largest absolute Gasteiger partial charge is 0.487 e. The Hall–Kier alpha value is -2.21. The van der Waals surface area contributed by atoms with E-state index >= 15 is 0 Å². The minimum atomic E-state index is -0.629. The van der Waals surface area contributed by atoms with Gasteiger partial charge in [0.25, 0.3) is 5.69 Å². The monoisotopic (exact) mass is 282 g/mol. The molecule has 1 aromatic carbocycles. The number of pyridine rings is 1. The summed E-state index contributed by atoms with van der Waals surface area (Å²) in [6.07, 6.45) is 1.19. The number of rotatable bonds is 4. The predicted molar refractivity (Wildman–Crippen MR) is 66.6 cm³/mol. The van der Waals surface area contributed by atoms with E-state index in [2.05, 4.69) is 4.98 Å². The fourth-order valence-corrected chi connectivity index (χ4v) is 1.69. The SMILES string of the molecule is O=[N+]([O-])c1cccc(Cl)c1COc1ccc(F)nc1. The fraction of sp³-hybridized carbons (Fsp3) is 0.0833. The first-order valence-electron chi connectivity index (χ1n) is 5.24. The Morgan fingerprint density at radius 2 is 2.16 bits per heavy atom. The van der Waals surface area contributed by atoms with Gasteiger partial charge in [-0.25, -0.2) is 4.98 Å². The predicted octanol–water partition coefficient (Wildman–Crippen LogP) is 3.36. The third-order valence-corrected chi connectivity index (χ3v) is 2.73. The van der Waals surface area contributed by atoms with Crippen LogP contribution in [0.5, 0.6) is 5.75 Å². The van der Waals surface area contributed by atoms with Gasteiger partial charge in [-0.3, -0.25) is 10.1 Å². The quantitative estimate of drug-likeness (QED) is 0.490. The van der Waals surface area contributed by atoms with E-state index in [1.165, 1.54) is 30.5 Å². The van der Waals surface area contributed by atoms with Gasteiger partial charge in [0.2, 0.25) is 5.95 Å². The van der Waals surface area contributed by atoms with E-state index in [-0.39, 0.29) is 22.9 Å². The van der Waals surface area contributed by atoms with Crippen LogP contribution in [0.15, 0.2) is 36.5 Å². The number of halogens is 2. The molecule has 98 valence electrons. The number of nitrogens with zero attached hydrogens (tertiary/aromatic N) is 2. The van der Waals surface area contributed by atoms with Gasteiger partial charge in [-0.2, -0.15) is 4.39 Å². The minimum Gasteiger partial charge on any atom is -0.487 e. The number of hydrogen-bond donors (Lipinski definition) is 0. The van der Waals surface area contributed by atoms with Gasteiger partial charge in [-0.05, 0) is 18.2 Å². The van der Waals surface area contributed by atoms with E-state index in [0.29, 0.717) is 5.75 Å². The van der Waals surface area contributed by atoms with Crippen LogP contribution in [0.3, 0.4) is 0 Å². The first kappa shape index (κ1) is 13.2. The first-order valence-corrected chi connectivity index (χ1v) is 5.62. The molecule has 0 aliphatic carbocycles. The maximum Gasteiger partial charge on any atom is 0.277 e. The van der Waals surface area contributed by atoms with Crippen LogP contribution in [0.4, 0.5) is 10.1 Å². The molecule has 1 heterocycles. The van der Waals surface area contributed by atoms with Crippen LogP contribution in [0, 0.1) is 16.1 Å². The lowest BCUT2D eigenvalue weighted by Crippen LogP contribution is -2.01. The lowest BCUT2D eigenvalue weighted by atomic mass is 10.2. The number of hydrogen-bond acceptors (Lipinski definition) is 4. The van der Waals surface area contributed by atoms with Crippen molar-refractivity contribution >= 4 is 17.3 Å². The summed E-state index contributed by atoms with van der Waals surface area (Å²) in [5.74, 6) is -0.327. The van der Waals surface area contributed by atoms with Crippen LogP contribution in [-0.4, -0.2) is 9.91 Å². The van der Waals surface area contributed by atoms with Gasteiger partial charge in [0.05, 0.1) is 21.7 Å². The lowest BCUT2D eigenvalue weighted by molar-refractivity contribution is -0.385. The summed E-state index contributed by atoms with van der Waals surface area (Å²) < 4.78 is 17.9. The van der Waals surface area contributed by atoms with Crippen LogP contribution in [0.1, 0.15) is 5.56 Å². The topological polar surface area (TPSA) is 65.3 Å². The van der Waals surface area contributed by atoms with Crippen molar-refractivity contribution in [1.82, 2.24) is 4.98 Å². The smallest absolute Gasteiger partial charge is 0.277 e. The highest BCUT2D eigenvalue weighted by Crippen LogP contribution is 2.27. The van der Waals surface area contributed by atoms with E-state index in [1.54, 1.807) is 0 Å². The van der Waals surface area contributed by atoms with Crippen LogP contribution in [0.25, 0.3) is 0 Å². The van der Waals surface area contributed by atoms with Gasteiger partial charge in [0.15, 0.2) is 0 Å². The first-order chi connectivity index (χ1) is 9.08. The number of nitro groups is 1. The van der Waals surface area contributed by atoms with Crippen molar-refractivity contribution in [3.8, 4) is 5.75 Å². The molecule has 0 saturated carbocycles. The average molecular weight is 283 g/mol. The number of benzene rings is 1. The van der Waals surface area contributed by atoms with Gasteiger partial charge in [-0.1, -0.05) is 17.7 Å². The molecule has 0 fully saturated rings. The van der Waals surface area contributed by atoms with Crippen LogP contribution in [0.2, 0.25) is 5.02 Å². The molecule has 0 N–H and O–H groups in total. The highest BCUT2D eigenvalue weighted by Gasteiger charge is 2.17. The molecule has 0 spiro atoms. The van der Waals surface area contributed by atoms with Gasteiger partial charge < -0.3 is 4.74 Å². The van der Waals surface area contributed by atoms with Crippen LogP contribution < -0.4 is 4.74 Å². The molecule has 7 heteroatoms. The Balaban J connectivity index is 2.19. The molecule has 0 aliphatic rings. The molecule has 0 aliphatic heterocycles. The number of nitro benzene ring substituents is 1. The molecule has 1 aromatic heterocycles. The van der Waals surface area contributed by atoms with Gasteiger partial charge >= 0.3 is 0 Å². The van der Waals surface area contributed by atoms with E-state index in [9.17, 15) is 14.5 Å². The second-order valence-corrected chi connectivity index (χ2v) is 4.01. The third kappa shape index (κ3) is 3.17. The Morgan fingerprint density at radius 1 is 1.37 bits per heavy atom. The van der Waals surface area contributed by atoms with Crippen molar-refractivity contribution < 1.29 is 14.1 Å². The molecule has 0 bridgehead atoms. The van der Waals surface area contributed by atoms with Crippen molar-refractivity contribution in [2.45, 2.75) is 6.61 Å². The molecular formula is C12H8ClFN2O3. The van der Waals surface area contributed by atoms with E-state index < -0.39 is 10.9 Å². The van der Waals surface area contributed by atoms with Crippen molar-refractivity contribution in [2.24, 2.45) is 0 Å². The standard InChI is InChI=1S/C12H8ClFN2O3/c13-10-2-1-3-11(16(17)18)9(10)7-19-8-4-5-12(14)15-6-8/h1-6H,7H2. The van der Waals surface area contributed by atoms with Gasteiger partial charge in [0, 0.05) is 6.07 Å². The molecule has 0 saturated heterocycles. The van der Waals surface area contributed by atoms with Crippen molar-refractivity contribution in [3.63, 3.8) is 0 Å². The Morgan fingerprint density at radius 3 is 2.79 bits per heavy atom. The normalized spacial score (nSPS) is 10.2. The van der Waals surface area contributed by atoms with Crippen LogP contribution in [-0.2, 0) is 6.61 Å². The van der Waals surface area contributed by atoms with Crippen molar-refractivity contribution in [3.05, 3.63) is 63.2 Å². The molecule has 19 heavy (non-hydrogen) atoms. The molecule has 0 atom stereocenters. The average Bonchev–Trinajstić information content (AvgIpc) is 2.39. The Labute approximate surface area is 112 Å². The van der Waals surface area contributed by atoms with Gasteiger partial charge in [0.1, 0.15) is 12.4 Å². The van der Waals surface area contributed by atoms with E-state index in [0.717, 1.165) is 6.07 Å². The zero-order valence-corrected chi connectivity index (χ0v) is 10.3. The minimum absolute atomic E-state index is 0.0939. The summed E-state index contributed by atoms with van der Waals surface area (Å²) in [4.78, 5) is 13.7. The molecule has 0 radical (unpaired) electrons. The zero-order valence-electron chi connectivity index (χ0n) is 9.55. The van der Waals surface area contributed by atoms with E-state index in [4.69, 9.17) is 16.3 Å². The molecule has 2 rings (SSSR count). The summed E-state index contributed by atoms with van der Waals surface area (Å²) in [6.45, 7) is -0.0939. The highest BCUT2D eigenvalue weighted by molar-refractivity contribution is 6.31. The lowest BCUT2D eigenvalue weighted by Gasteiger charge is -2.07. The zero-order chi connectivity index (χ0) is 13.8. The third-order valence-electron chi connectivity index (χ3n) is 2.37. The fourth-order valence-electron chi connectivity index (χ4n) is 1.46. The number of aromatic nitrogens is 1. The summed E-state index contributed by atoms with van der Waals surface area (Å²) in [7, 11) is 0. The summed E-state index contributed by atoms with van der Waals surface area (Å²) in [5, 5.41) is 11.1. The maximum absolute atomic E-state index is 12.6. The van der Waals surface area contributed by atoms with Crippen molar-refractivity contribution in [2.75, 3.05) is 0 Å². The summed E-state index contributed by atoms with van der Waals surface area (Å²) >= 11 is 5.90.